The molecule has 2 N–H and O–H groups in total. The molecule has 3 rings (SSSR count). The second-order valence-electron chi connectivity index (χ2n) is 5.18. The zero-order valence-electron chi connectivity index (χ0n) is 10.7. The third-order valence-corrected chi connectivity index (χ3v) is 3.88. The molecule has 1 saturated heterocycles. The number of carbonyl (C=O) groups excluding carboxylic acids is 2. The third-order valence-electron chi connectivity index (χ3n) is 3.88. The molecule has 2 amide bonds. The van der Waals surface area contributed by atoms with Gasteiger partial charge in [0, 0.05) is 13.0 Å². The standard InChI is InChI=1S/C14H16N2O3/c1-8(17)12-14(19)16-7-10-5-3-2-4-9(10)6-11(16)13(18)15-12/h2-5,8,11-12,17H,6-7H2,1H3,(H,15,18)/t8-,11-,12+/m0/s1. The molecular weight excluding hydrogens is 244 g/mol. The molecule has 0 radical (unpaired) electrons. The van der Waals surface area contributed by atoms with Crippen LogP contribution >= 0.6 is 0 Å². The molecule has 0 aromatic heterocycles. The van der Waals surface area contributed by atoms with Gasteiger partial charge in [0.1, 0.15) is 12.1 Å². The van der Waals surface area contributed by atoms with Crippen molar-refractivity contribution < 1.29 is 14.7 Å². The number of carbonyl (C=O) groups is 2. The first-order chi connectivity index (χ1) is 9.08. The summed E-state index contributed by atoms with van der Waals surface area (Å²) in [6.07, 6.45) is -0.338. The van der Waals surface area contributed by atoms with E-state index in [0.29, 0.717) is 13.0 Å². The summed E-state index contributed by atoms with van der Waals surface area (Å²) in [5, 5.41) is 12.2. The molecule has 0 bridgehead atoms. The van der Waals surface area contributed by atoms with Gasteiger partial charge >= 0.3 is 0 Å². The average Bonchev–Trinajstić information content (AvgIpc) is 2.41. The van der Waals surface area contributed by atoms with Crippen LogP contribution < -0.4 is 5.32 Å². The number of aliphatic hydroxyl groups is 1. The lowest BCUT2D eigenvalue weighted by molar-refractivity contribution is -0.153. The summed E-state index contributed by atoms with van der Waals surface area (Å²) >= 11 is 0. The number of aliphatic hydroxyl groups excluding tert-OH is 1. The zero-order chi connectivity index (χ0) is 13.6. The summed E-state index contributed by atoms with van der Waals surface area (Å²) in [7, 11) is 0. The minimum absolute atomic E-state index is 0.181. The SMILES string of the molecule is C[C@H](O)[C@H]1NC(=O)[C@@H]2Cc3ccccc3CN2C1=O. The minimum atomic E-state index is -0.880. The van der Waals surface area contributed by atoms with E-state index in [2.05, 4.69) is 5.32 Å². The molecule has 19 heavy (non-hydrogen) atoms. The Morgan fingerprint density at radius 1 is 1.32 bits per heavy atom. The van der Waals surface area contributed by atoms with Crippen LogP contribution in [-0.4, -0.2) is 40.0 Å². The van der Waals surface area contributed by atoms with Crippen LogP contribution in [0.5, 0.6) is 0 Å². The number of nitrogens with zero attached hydrogens (tertiary/aromatic N) is 1. The monoisotopic (exact) mass is 260 g/mol. The van der Waals surface area contributed by atoms with Crippen molar-refractivity contribution >= 4 is 11.8 Å². The number of piperazine rings is 1. The van der Waals surface area contributed by atoms with Crippen molar-refractivity contribution in [2.75, 3.05) is 0 Å². The Kier molecular flexibility index (Phi) is 2.78. The summed E-state index contributed by atoms with van der Waals surface area (Å²) in [4.78, 5) is 26.0. The molecule has 0 aliphatic carbocycles. The molecule has 0 saturated carbocycles. The van der Waals surface area contributed by atoms with Gasteiger partial charge in [0.05, 0.1) is 6.10 Å². The Morgan fingerprint density at radius 2 is 2.00 bits per heavy atom. The molecule has 5 heteroatoms. The number of hydrogen-bond donors (Lipinski definition) is 2. The molecule has 1 fully saturated rings. The van der Waals surface area contributed by atoms with E-state index in [4.69, 9.17) is 0 Å². The summed E-state index contributed by atoms with van der Waals surface area (Å²) in [6.45, 7) is 1.96. The van der Waals surface area contributed by atoms with Crippen LogP contribution in [0.2, 0.25) is 0 Å². The normalized spacial score (nSPS) is 27.4. The van der Waals surface area contributed by atoms with E-state index in [-0.39, 0.29) is 11.8 Å². The Morgan fingerprint density at radius 3 is 2.68 bits per heavy atom. The molecule has 2 aliphatic heterocycles. The molecule has 3 atom stereocenters. The second-order valence-corrected chi connectivity index (χ2v) is 5.18. The second kappa shape index (κ2) is 4.35. The van der Waals surface area contributed by atoms with E-state index in [1.165, 1.54) is 6.92 Å². The van der Waals surface area contributed by atoms with Gasteiger partial charge in [-0.25, -0.2) is 0 Å². The first kappa shape index (κ1) is 12.2. The fourth-order valence-corrected chi connectivity index (χ4v) is 2.81. The molecule has 2 heterocycles. The first-order valence-corrected chi connectivity index (χ1v) is 6.43. The van der Waals surface area contributed by atoms with Gasteiger partial charge in [-0.2, -0.15) is 0 Å². The fourth-order valence-electron chi connectivity index (χ4n) is 2.81. The molecular formula is C14H16N2O3. The molecule has 100 valence electrons. The smallest absolute Gasteiger partial charge is 0.248 e. The van der Waals surface area contributed by atoms with Gasteiger partial charge in [-0.05, 0) is 18.1 Å². The summed E-state index contributed by atoms with van der Waals surface area (Å²) in [6, 6.07) is 6.56. The van der Waals surface area contributed by atoms with Crippen molar-refractivity contribution in [1.82, 2.24) is 10.2 Å². The van der Waals surface area contributed by atoms with E-state index < -0.39 is 18.2 Å². The van der Waals surface area contributed by atoms with E-state index in [9.17, 15) is 14.7 Å². The predicted molar refractivity (Wildman–Crippen MR) is 68.1 cm³/mol. The van der Waals surface area contributed by atoms with Crippen molar-refractivity contribution in [2.45, 2.75) is 38.1 Å². The average molecular weight is 260 g/mol. The summed E-state index contributed by atoms with van der Waals surface area (Å²) in [5.74, 6) is -0.380. The van der Waals surface area contributed by atoms with E-state index in [1.54, 1.807) is 4.90 Å². The lowest BCUT2D eigenvalue weighted by Crippen LogP contribution is -2.67. The maximum absolute atomic E-state index is 12.3. The number of rotatable bonds is 1. The number of nitrogens with one attached hydrogen (secondary N) is 1. The molecule has 0 unspecified atom stereocenters. The Bertz CT molecular complexity index is 541. The van der Waals surface area contributed by atoms with Gasteiger partial charge in [0.2, 0.25) is 11.8 Å². The fraction of sp³-hybridized carbons (Fsp3) is 0.429. The highest BCUT2D eigenvalue weighted by molar-refractivity contribution is 5.97. The molecule has 5 nitrogen and oxygen atoms in total. The van der Waals surface area contributed by atoms with E-state index in [1.807, 2.05) is 24.3 Å². The molecule has 2 aliphatic rings. The maximum atomic E-state index is 12.3. The molecule has 0 spiro atoms. The van der Waals surface area contributed by atoms with Crippen molar-refractivity contribution in [3.05, 3.63) is 35.4 Å². The van der Waals surface area contributed by atoms with Crippen LogP contribution in [-0.2, 0) is 22.6 Å². The van der Waals surface area contributed by atoms with Gasteiger partial charge in [-0.1, -0.05) is 24.3 Å². The van der Waals surface area contributed by atoms with Crippen molar-refractivity contribution in [3.63, 3.8) is 0 Å². The Hall–Kier alpha value is -1.88. The quantitative estimate of drug-likeness (QED) is 0.736. The van der Waals surface area contributed by atoms with Crippen LogP contribution in [0, 0.1) is 0 Å². The number of benzene rings is 1. The Labute approximate surface area is 111 Å². The Balaban J connectivity index is 1.95. The molecule has 1 aromatic carbocycles. The van der Waals surface area contributed by atoms with E-state index >= 15 is 0 Å². The van der Waals surface area contributed by atoms with Gasteiger partial charge in [0.25, 0.3) is 0 Å². The highest BCUT2D eigenvalue weighted by atomic mass is 16.3. The van der Waals surface area contributed by atoms with Gasteiger partial charge < -0.3 is 15.3 Å². The number of fused-ring (bicyclic) bond motifs is 2. The van der Waals surface area contributed by atoms with Crippen LogP contribution in [0.3, 0.4) is 0 Å². The third kappa shape index (κ3) is 1.90. The van der Waals surface area contributed by atoms with Crippen LogP contribution in [0.15, 0.2) is 24.3 Å². The number of amides is 2. The summed E-state index contributed by atoms with van der Waals surface area (Å²) < 4.78 is 0. The van der Waals surface area contributed by atoms with Crippen LogP contribution in [0.25, 0.3) is 0 Å². The number of hydrogen-bond acceptors (Lipinski definition) is 3. The largest absolute Gasteiger partial charge is 0.391 e. The predicted octanol–water partition coefficient (Wildman–Crippen LogP) is -0.181. The topological polar surface area (TPSA) is 69.6 Å². The van der Waals surface area contributed by atoms with Gasteiger partial charge in [-0.3, -0.25) is 9.59 Å². The lowest BCUT2D eigenvalue weighted by Gasteiger charge is -2.42. The van der Waals surface area contributed by atoms with Crippen molar-refractivity contribution in [1.29, 1.82) is 0 Å². The van der Waals surface area contributed by atoms with Crippen LogP contribution in [0.4, 0.5) is 0 Å². The zero-order valence-corrected chi connectivity index (χ0v) is 10.7. The summed E-state index contributed by atoms with van der Waals surface area (Å²) in [5.41, 5.74) is 2.19. The maximum Gasteiger partial charge on any atom is 0.248 e. The minimum Gasteiger partial charge on any atom is -0.391 e. The first-order valence-electron chi connectivity index (χ1n) is 6.43. The van der Waals surface area contributed by atoms with Crippen LogP contribution in [0.1, 0.15) is 18.1 Å². The van der Waals surface area contributed by atoms with Crippen molar-refractivity contribution in [2.24, 2.45) is 0 Å². The highest BCUT2D eigenvalue weighted by Gasteiger charge is 2.44. The lowest BCUT2D eigenvalue weighted by atomic mass is 9.90. The van der Waals surface area contributed by atoms with Gasteiger partial charge in [-0.15, -0.1) is 0 Å². The van der Waals surface area contributed by atoms with E-state index in [0.717, 1.165) is 11.1 Å². The highest BCUT2D eigenvalue weighted by Crippen LogP contribution is 2.26. The van der Waals surface area contributed by atoms with Gasteiger partial charge in [0.15, 0.2) is 0 Å². The van der Waals surface area contributed by atoms with Crippen molar-refractivity contribution in [3.8, 4) is 0 Å². The molecule has 1 aromatic rings.